The van der Waals surface area contributed by atoms with E-state index in [-0.39, 0.29) is 0 Å². The van der Waals surface area contributed by atoms with Crippen molar-refractivity contribution < 1.29 is 0 Å². The summed E-state index contributed by atoms with van der Waals surface area (Å²) >= 11 is 1.87. The number of nitrogens with one attached hydrogen (secondary N) is 1. The van der Waals surface area contributed by atoms with E-state index in [1.54, 1.807) is 0 Å². The van der Waals surface area contributed by atoms with Crippen molar-refractivity contribution in [2.75, 3.05) is 0 Å². The van der Waals surface area contributed by atoms with Gasteiger partial charge in [-0.15, -0.1) is 11.3 Å². The maximum absolute atomic E-state index is 4.19. The number of hydrogen-bond acceptors (Lipinski definition) is 3. The lowest BCUT2D eigenvalue weighted by molar-refractivity contribution is 0.698. The molecule has 0 spiro atoms. The summed E-state index contributed by atoms with van der Waals surface area (Å²) in [6, 6.07) is 4.44. The van der Waals surface area contributed by atoms with Crippen LogP contribution in [0.5, 0.6) is 0 Å². The molecule has 2 heterocycles. The highest BCUT2D eigenvalue weighted by Gasteiger charge is 2.01. The lowest BCUT2D eigenvalue weighted by atomic mass is 10.2. The molecule has 1 N–H and O–H groups in total. The highest BCUT2D eigenvalue weighted by molar-refractivity contribution is 7.12. The minimum atomic E-state index is 0.880. The van der Waals surface area contributed by atoms with E-state index < -0.39 is 0 Å². The molecule has 0 fully saturated rings. The molecule has 0 amide bonds. The van der Waals surface area contributed by atoms with Gasteiger partial charge in [-0.3, -0.25) is 4.98 Å². The molecular formula is C14H18N2S. The molecule has 0 aliphatic carbocycles. The predicted octanol–water partition coefficient (Wildman–Crippen LogP) is 3.36. The Morgan fingerprint density at radius 3 is 2.59 bits per heavy atom. The van der Waals surface area contributed by atoms with Crippen molar-refractivity contribution in [1.82, 2.24) is 10.3 Å². The molecule has 2 rings (SSSR count). The molecule has 0 aliphatic rings. The van der Waals surface area contributed by atoms with Gasteiger partial charge in [-0.05, 0) is 43.5 Å². The first-order chi connectivity index (χ1) is 8.15. The van der Waals surface area contributed by atoms with E-state index in [4.69, 9.17) is 0 Å². The minimum Gasteiger partial charge on any atom is -0.308 e. The maximum Gasteiger partial charge on any atom is 0.0313 e. The average Bonchev–Trinajstić information content (AvgIpc) is 2.58. The molecule has 0 aliphatic heterocycles. The van der Waals surface area contributed by atoms with Crippen molar-refractivity contribution in [3.8, 4) is 0 Å². The lowest BCUT2D eigenvalue weighted by Gasteiger charge is -2.03. The molecule has 2 aromatic heterocycles. The van der Waals surface area contributed by atoms with Crippen LogP contribution in [-0.4, -0.2) is 4.98 Å². The van der Waals surface area contributed by atoms with E-state index in [9.17, 15) is 0 Å². The Hall–Kier alpha value is -1.19. The molecule has 0 unspecified atom stereocenters. The van der Waals surface area contributed by atoms with Gasteiger partial charge in [0.05, 0.1) is 0 Å². The van der Waals surface area contributed by atoms with Crippen LogP contribution in [-0.2, 0) is 13.1 Å². The van der Waals surface area contributed by atoms with Crippen molar-refractivity contribution in [2.24, 2.45) is 0 Å². The third-order valence-corrected chi connectivity index (χ3v) is 3.93. The smallest absolute Gasteiger partial charge is 0.0313 e. The monoisotopic (exact) mass is 246 g/mol. The molecule has 0 bridgehead atoms. The fourth-order valence-corrected chi connectivity index (χ4v) is 2.80. The molecule has 2 aromatic rings. The zero-order valence-electron chi connectivity index (χ0n) is 10.6. The number of aryl methyl sites for hydroxylation is 3. The summed E-state index contributed by atoms with van der Waals surface area (Å²) in [5.74, 6) is 0. The van der Waals surface area contributed by atoms with E-state index in [0.29, 0.717) is 0 Å². The zero-order valence-corrected chi connectivity index (χ0v) is 11.4. The number of aromatic nitrogens is 1. The summed E-state index contributed by atoms with van der Waals surface area (Å²) in [5, 5.41) is 3.46. The number of rotatable bonds is 4. The second-order valence-corrected chi connectivity index (χ2v) is 5.77. The van der Waals surface area contributed by atoms with Gasteiger partial charge >= 0.3 is 0 Å². The Balaban J connectivity index is 1.87. The quantitative estimate of drug-likeness (QED) is 0.894. The second kappa shape index (κ2) is 5.43. The third kappa shape index (κ3) is 3.38. The highest BCUT2D eigenvalue weighted by atomic mass is 32.1. The molecule has 2 nitrogen and oxygen atoms in total. The van der Waals surface area contributed by atoms with E-state index in [0.717, 1.165) is 13.1 Å². The van der Waals surface area contributed by atoms with Crippen LogP contribution in [0.15, 0.2) is 24.5 Å². The van der Waals surface area contributed by atoms with Crippen molar-refractivity contribution in [3.63, 3.8) is 0 Å². The van der Waals surface area contributed by atoms with E-state index >= 15 is 0 Å². The molecule has 0 saturated carbocycles. The molecule has 0 atom stereocenters. The van der Waals surface area contributed by atoms with Crippen molar-refractivity contribution in [1.29, 1.82) is 0 Å². The van der Waals surface area contributed by atoms with Gasteiger partial charge in [0, 0.05) is 35.2 Å². The summed E-state index contributed by atoms with van der Waals surface area (Å²) in [4.78, 5) is 7.01. The van der Waals surface area contributed by atoms with Crippen LogP contribution in [0.2, 0.25) is 0 Å². The van der Waals surface area contributed by atoms with Crippen molar-refractivity contribution in [2.45, 2.75) is 33.9 Å². The molecule has 0 radical (unpaired) electrons. The van der Waals surface area contributed by atoms with Crippen LogP contribution in [0, 0.1) is 20.8 Å². The van der Waals surface area contributed by atoms with Crippen LogP contribution in [0.4, 0.5) is 0 Å². The first-order valence-corrected chi connectivity index (χ1v) is 6.64. The summed E-state index contributed by atoms with van der Waals surface area (Å²) < 4.78 is 0. The number of nitrogens with zero attached hydrogens (tertiary/aromatic N) is 1. The predicted molar refractivity (Wildman–Crippen MR) is 73.3 cm³/mol. The van der Waals surface area contributed by atoms with Gasteiger partial charge in [-0.2, -0.15) is 0 Å². The van der Waals surface area contributed by atoms with Crippen LogP contribution >= 0.6 is 11.3 Å². The topological polar surface area (TPSA) is 24.9 Å². The molecule has 90 valence electrons. The van der Waals surface area contributed by atoms with E-state index in [1.165, 1.54) is 26.4 Å². The maximum atomic E-state index is 4.19. The van der Waals surface area contributed by atoms with Crippen LogP contribution < -0.4 is 5.32 Å². The van der Waals surface area contributed by atoms with E-state index in [1.807, 2.05) is 23.7 Å². The Morgan fingerprint density at radius 1 is 1.12 bits per heavy atom. The fraction of sp³-hybridized carbons (Fsp3) is 0.357. The van der Waals surface area contributed by atoms with Gasteiger partial charge in [0.25, 0.3) is 0 Å². The Labute approximate surface area is 107 Å². The molecular weight excluding hydrogens is 228 g/mol. The fourth-order valence-electron chi connectivity index (χ4n) is 1.78. The minimum absolute atomic E-state index is 0.880. The van der Waals surface area contributed by atoms with Gasteiger partial charge in [0.1, 0.15) is 0 Å². The van der Waals surface area contributed by atoms with Crippen molar-refractivity contribution >= 4 is 11.3 Å². The van der Waals surface area contributed by atoms with Crippen LogP contribution in [0.1, 0.15) is 26.4 Å². The first-order valence-electron chi connectivity index (χ1n) is 5.82. The van der Waals surface area contributed by atoms with Crippen LogP contribution in [0.25, 0.3) is 0 Å². The third-order valence-electron chi connectivity index (χ3n) is 2.78. The summed E-state index contributed by atoms with van der Waals surface area (Å²) in [6.45, 7) is 8.23. The van der Waals surface area contributed by atoms with Gasteiger partial charge in [-0.1, -0.05) is 6.07 Å². The highest BCUT2D eigenvalue weighted by Crippen LogP contribution is 2.20. The molecule has 0 saturated heterocycles. The SMILES string of the molecule is Cc1cncc(CNCc2cc(C)c(C)s2)c1. The van der Waals surface area contributed by atoms with Crippen molar-refractivity contribution in [3.05, 3.63) is 51.0 Å². The Kier molecular flexibility index (Phi) is 3.92. The Bertz CT molecular complexity index is 483. The molecule has 0 aromatic carbocycles. The lowest BCUT2D eigenvalue weighted by Crippen LogP contribution is -2.11. The molecule has 17 heavy (non-hydrogen) atoms. The number of hydrogen-bond donors (Lipinski definition) is 1. The van der Waals surface area contributed by atoms with Crippen LogP contribution in [0.3, 0.4) is 0 Å². The van der Waals surface area contributed by atoms with E-state index in [2.05, 4.69) is 43.2 Å². The summed E-state index contributed by atoms with van der Waals surface area (Å²) in [6.07, 6.45) is 3.81. The second-order valence-electron chi connectivity index (χ2n) is 4.43. The van der Waals surface area contributed by atoms with Gasteiger partial charge in [0.2, 0.25) is 0 Å². The van der Waals surface area contributed by atoms with Gasteiger partial charge < -0.3 is 5.32 Å². The normalized spacial score (nSPS) is 10.8. The number of pyridine rings is 1. The van der Waals surface area contributed by atoms with Gasteiger partial charge in [0.15, 0.2) is 0 Å². The first kappa shape index (κ1) is 12.3. The number of thiophene rings is 1. The largest absolute Gasteiger partial charge is 0.308 e. The standard InChI is InChI=1S/C14H18N2S/c1-10-4-13(7-15-6-10)8-16-9-14-5-11(2)12(3)17-14/h4-7,16H,8-9H2,1-3H3. The zero-order chi connectivity index (χ0) is 12.3. The Morgan fingerprint density at radius 2 is 1.94 bits per heavy atom. The molecule has 3 heteroatoms. The summed E-state index contributed by atoms with van der Waals surface area (Å²) in [7, 11) is 0. The van der Waals surface area contributed by atoms with Gasteiger partial charge in [-0.25, -0.2) is 0 Å². The average molecular weight is 246 g/mol. The summed E-state index contributed by atoms with van der Waals surface area (Å²) in [5.41, 5.74) is 3.85.